The normalized spacial score (nSPS) is 10.2. The van der Waals surface area contributed by atoms with E-state index in [4.69, 9.17) is 27.9 Å². The number of nitrogens with zero attached hydrogens (tertiary/aromatic N) is 3. The van der Waals surface area contributed by atoms with Crippen molar-refractivity contribution in [3.05, 3.63) is 87.9 Å². The molecule has 0 atom stereocenters. The quantitative estimate of drug-likeness (QED) is 0.449. The van der Waals surface area contributed by atoms with E-state index in [0.717, 1.165) is 11.3 Å². The van der Waals surface area contributed by atoms with E-state index in [0.29, 0.717) is 34.3 Å². The first-order chi connectivity index (χ1) is 13.1. The average Bonchev–Trinajstić information content (AvgIpc) is 2.71. The molecule has 0 saturated carbocycles. The zero-order chi connectivity index (χ0) is 19.5. The van der Waals surface area contributed by atoms with Gasteiger partial charge in [0.25, 0.3) is 0 Å². The molecule has 2 aromatic heterocycles. The zero-order valence-electron chi connectivity index (χ0n) is 14.5. The Labute approximate surface area is 167 Å². The van der Waals surface area contributed by atoms with Crippen LogP contribution in [0.5, 0.6) is 5.75 Å². The summed E-state index contributed by atoms with van der Waals surface area (Å²) < 4.78 is 5.09. The highest BCUT2D eigenvalue weighted by Crippen LogP contribution is 2.13. The van der Waals surface area contributed by atoms with Crippen molar-refractivity contribution in [3.63, 3.8) is 0 Å². The maximum Gasteiger partial charge on any atom is 0.169 e. The summed E-state index contributed by atoms with van der Waals surface area (Å²) in [5.41, 5.74) is 2.09. The topological polar surface area (TPSA) is 64.4 Å². The van der Waals surface area contributed by atoms with Gasteiger partial charge in [-0.3, -0.25) is 19.8 Å². The maximum atomic E-state index is 10.1. The Morgan fingerprint density at radius 3 is 2.04 bits per heavy atom. The highest BCUT2D eigenvalue weighted by Gasteiger charge is 1.97. The number of carbonyl (C=O) groups excluding carboxylic acids is 1. The number of aromatic nitrogens is 2. The summed E-state index contributed by atoms with van der Waals surface area (Å²) in [5, 5.41) is 1.00. The first kappa shape index (κ1) is 20.6. The molecule has 138 valence electrons. The summed E-state index contributed by atoms with van der Waals surface area (Å²) in [4.78, 5) is 22.2. The van der Waals surface area contributed by atoms with Gasteiger partial charge in [-0.2, -0.15) is 0 Å². The Kier molecular flexibility index (Phi) is 8.42. The van der Waals surface area contributed by atoms with Gasteiger partial charge >= 0.3 is 0 Å². The molecule has 0 saturated heterocycles. The van der Waals surface area contributed by atoms with E-state index in [9.17, 15) is 4.79 Å². The average molecular weight is 402 g/mol. The second-order valence-electron chi connectivity index (χ2n) is 5.18. The number of ether oxygens (including phenoxy) is 1. The van der Waals surface area contributed by atoms with Crippen LogP contribution in [0.15, 0.2) is 65.9 Å². The molecule has 0 aliphatic heterocycles. The highest BCUT2D eigenvalue weighted by atomic mass is 35.5. The molecule has 7 heteroatoms. The highest BCUT2D eigenvalue weighted by molar-refractivity contribution is 6.33. The monoisotopic (exact) mass is 401 g/mol. The van der Waals surface area contributed by atoms with E-state index in [2.05, 4.69) is 15.0 Å². The number of carbonyl (C=O) groups is 1. The van der Waals surface area contributed by atoms with Gasteiger partial charge in [0.2, 0.25) is 0 Å². The van der Waals surface area contributed by atoms with Crippen molar-refractivity contribution in [3.8, 4) is 5.75 Å². The van der Waals surface area contributed by atoms with Crippen LogP contribution in [-0.4, -0.2) is 29.6 Å². The number of aldehydes is 1. The molecule has 0 amide bonds. The van der Waals surface area contributed by atoms with E-state index >= 15 is 0 Å². The van der Waals surface area contributed by atoms with Gasteiger partial charge in [0.05, 0.1) is 29.4 Å². The summed E-state index contributed by atoms with van der Waals surface area (Å²) in [7, 11) is 1.65. The Balaban J connectivity index is 0.000000244. The van der Waals surface area contributed by atoms with Gasteiger partial charge in [-0.15, -0.1) is 0 Å². The molecule has 5 nitrogen and oxygen atoms in total. The van der Waals surface area contributed by atoms with Gasteiger partial charge in [0.1, 0.15) is 11.4 Å². The van der Waals surface area contributed by atoms with Crippen molar-refractivity contribution >= 4 is 35.7 Å². The fourth-order valence-electron chi connectivity index (χ4n) is 1.95. The molecule has 27 heavy (non-hydrogen) atoms. The largest absolute Gasteiger partial charge is 0.497 e. The van der Waals surface area contributed by atoms with Gasteiger partial charge in [0, 0.05) is 18.6 Å². The van der Waals surface area contributed by atoms with Crippen LogP contribution in [0.1, 0.15) is 21.7 Å². The van der Waals surface area contributed by atoms with Crippen molar-refractivity contribution in [2.24, 2.45) is 4.99 Å². The fraction of sp³-hybridized carbons (Fsp3) is 0.100. The number of pyridine rings is 2. The number of benzene rings is 1. The minimum Gasteiger partial charge on any atom is -0.497 e. The number of hydrogen-bond acceptors (Lipinski definition) is 5. The van der Waals surface area contributed by atoms with Crippen LogP contribution in [0.2, 0.25) is 10.0 Å². The first-order valence-electron chi connectivity index (χ1n) is 7.93. The predicted octanol–water partition coefficient (Wildman–Crippen LogP) is 4.91. The number of hydrogen-bond donors (Lipinski definition) is 0. The third kappa shape index (κ3) is 6.81. The standard InChI is InChI=1S/C14H13ClN2O.C6H4ClNO/c1-18-12-6-4-11(5-7-12)9-16-10-14-13(15)3-2-8-17-14;7-5-2-1-3-8-6(5)4-9/h2-8,10H,9H2,1H3;1-4H. The van der Waals surface area contributed by atoms with Crippen molar-refractivity contribution in [2.45, 2.75) is 6.54 Å². The summed E-state index contributed by atoms with van der Waals surface area (Å²) in [5.74, 6) is 0.843. The van der Waals surface area contributed by atoms with Gasteiger partial charge in [-0.1, -0.05) is 35.3 Å². The van der Waals surface area contributed by atoms with Crippen molar-refractivity contribution < 1.29 is 9.53 Å². The van der Waals surface area contributed by atoms with Crippen molar-refractivity contribution in [1.82, 2.24) is 9.97 Å². The summed E-state index contributed by atoms with van der Waals surface area (Å²) >= 11 is 11.5. The van der Waals surface area contributed by atoms with E-state index in [1.165, 1.54) is 6.20 Å². The minimum atomic E-state index is 0.291. The van der Waals surface area contributed by atoms with Crippen LogP contribution in [0.25, 0.3) is 0 Å². The van der Waals surface area contributed by atoms with E-state index in [-0.39, 0.29) is 0 Å². The zero-order valence-corrected chi connectivity index (χ0v) is 16.1. The van der Waals surface area contributed by atoms with Crippen LogP contribution >= 0.6 is 23.2 Å². The molecule has 0 radical (unpaired) electrons. The lowest BCUT2D eigenvalue weighted by atomic mass is 10.2. The Morgan fingerprint density at radius 1 is 0.963 bits per heavy atom. The van der Waals surface area contributed by atoms with E-state index < -0.39 is 0 Å². The lowest BCUT2D eigenvalue weighted by Crippen LogP contribution is -1.89. The molecular formula is C20H17Cl2N3O2. The molecule has 1 aromatic carbocycles. The molecule has 0 aliphatic carbocycles. The fourth-order valence-corrected chi connectivity index (χ4v) is 2.28. The second-order valence-corrected chi connectivity index (χ2v) is 5.99. The number of aliphatic imine (C=N–C) groups is 1. The van der Waals surface area contributed by atoms with Gasteiger partial charge < -0.3 is 4.74 Å². The number of rotatable bonds is 5. The van der Waals surface area contributed by atoms with Crippen molar-refractivity contribution in [1.29, 1.82) is 0 Å². The third-order valence-corrected chi connectivity index (χ3v) is 3.97. The van der Waals surface area contributed by atoms with Crippen molar-refractivity contribution in [2.75, 3.05) is 7.11 Å². The Bertz CT molecular complexity index is 900. The second kappa shape index (κ2) is 11.1. The van der Waals surface area contributed by atoms with Crippen LogP contribution < -0.4 is 4.74 Å². The summed E-state index contributed by atoms with van der Waals surface area (Å²) in [6.07, 6.45) is 5.53. The van der Waals surface area contributed by atoms with Gasteiger partial charge in [-0.05, 0) is 42.0 Å². The molecule has 0 aliphatic rings. The molecule has 0 spiro atoms. The van der Waals surface area contributed by atoms with Crippen LogP contribution in [-0.2, 0) is 6.54 Å². The Morgan fingerprint density at radius 2 is 1.56 bits per heavy atom. The first-order valence-corrected chi connectivity index (χ1v) is 8.68. The van der Waals surface area contributed by atoms with Crippen LogP contribution in [0.3, 0.4) is 0 Å². The van der Waals surface area contributed by atoms with Crippen LogP contribution in [0.4, 0.5) is 0 Å². The van der Waals surface area contributed by atoms with Crippen LogP contribution in [0, 0.1) is 0 Å². The summed E-state index contributed by atoms with van der Waals surface area (Å²) in [6, 6.07) is 14.7. The minimum absolute atomic E-state index is 0.291. The van der Waals surface area contributed by atoms with E-state index in [1.54, 1.807) is 43.8 Å². The third-order valence-electron chi connectivity index (χ3n) is 3.33. The summed E-state index contributed by atoms with van der Waals surface area (Å²) in [6.45, 7) is 0.594. The molecule has 3 aromatic rings. The molecular weight excluding hydrogens is 385 g/mol. The maximum absolute atomic E-state index is 10.1. The lowest BCUT2D eigenvalue weighted by Gasteiger charge is -2.00. The molecule has 0 N–H and O–H groups in total. The van der Waals surface area contributed by atoms with Gasteiger partial charge in [0.15, 0.2) is 6.29 Å². The SMILES string of the molecule is COc1ccc(CN=Cc2ncccc2Cl)cc1.O=Cc1ncccc1Cl. The Hall–Kier alpha value is -2.76. The molecule has 0 fully saturated rings. The molecule has 2 heterocycles. The lowest BCUT2D eigenvalue weighted by molar-refractivity contribution is 0.111. The predicted molar refractivity (Wildman–Crippen MR) is 108 cm³/mol. The van der Waals surface area contributed by atoms with E-state index in [1.807, 2.05) is 24.3 Å². The van der Waals surface area contributed by atoms with Gasteiger partial charge in [-0.25, -0.2) is 0 Å². The number of halogens is 2. The number of methoxy groups -OCH3 is 1. The molecule has 3 rings (SSSR count). The molecule has 0 bridgehead atoms. The smallest absolute Gasteiger partial charge is 0.169 e. The molecule has 0 unspecified atom stereocenters.